The largest absolute Gasteiger partial charge is 0.481 e. The predicted molar refractivity (Wildman–Crippen MR) is 156 cm³/mol. The van der Waals surface area contributed by atoms with Crippen LogP contribution in [0.25, 0.3) is 21.0 Å². The number of alkyl halides is 3. The summed E-state index contributed by atoms with van der Waals surface area (Å²) >= 11 is 8.76. The van der Waals surface area contributed by atoms with Crippen molar-refractivity contribution in [2.75, 3.05) is 12.0 Å². The van der Waals surface area contributed by atoms with Crippen molar-refractivity contribution in [1.82, 2.24) is 19.5 Å². The standard InChI is InChI=1S/C30H23ClF3N5OS/c1-38-17-35-15-27(38)39(16-18-7-10-26(36-14-18)30(32,33)34)20-8-9-24-22(12-20)28(31)23(29(37-24)40-2)13-21-11-19-5-3-4-6-25(19)41-21/h3-12,14-15,17H,13,16H2,1-2H3. The molecule has 0 amide bonds. The zero-order chi connectivity index (χ0) is 28.7. The lowest BCUT2D eigenvalue weighted by atomic mass is 10.1. The lowest BCUT2D eigenvalue weighted by molar-refractivity contribution is -0.141. The number of ether oxygens (including phenoxy) is 1. The number of pyridine rings is 2. The Morgan fingerprint density at radius 1 is 1.05 bits per heavy atom. The summed E-state index contributed by atoms with van der Waals surface area (Å²) in [6.45, 7) is 0.256. The monoisotopic (exact) mass is 593 g/mol. The number of halogens is 4. The van der Waals surface area contributed by atoms with Crippen molar-refractivity contribution in [2.45, 2.75) is 19.1 Å². The highest BCUT2D eigenvalue weighted by molar-refractivity contribution is 7.19. The molecule has 0 radical (unpaired) electrons. The number of anilines is 2. The van der Waals surface area contributed by atoms with Gasteiger partial charge in [-0.25, -0.2) is 9.97 Å². The number of methoxy groups -OCH3 is 1. The molecule has 0 saturated carbocycles. The van der Waals surface area contributed by atoms with E-state index in [9.17, 15) is 13.2 Å². The van der Waals surface area contributed by atoms with Crippen LogP contribution >= 0.6 is 22.9 Å². The molecule has 0 bridgehead atoms. The van der Waals surface area contributed by atoms with Gasteiger partial charge in [0.25, 0.3) is 0 Å². The fourth-order valence-corrected chi connectivity index (χ4v) is 6.18. The van der Waals surface area contributed by atoms with E-state index in [-0.39, 0.29) is 6.54 Å². The van der Waals surface area contributed by atoms with E-state index in [1.54, 1.807) is 31.0 Å². The molecular formula is C30H23ClF3N5OS. The van der Waals surface area contributed by atoms with Gasteiger partial charge in [0, 0.05) is 45.9 Å². The maximum atomic E-state index is 13.1. The van der Waals surface area contributed by atoms with Crippen LogP contribution in [0.15, 0.2) is 79.4 Å². The molecule has 0 fully saturated rings. The first kappa shape index (κ1) is 27.0. The van der Waals surface area contributed by atoms with Gasteiger partial charge < -0.3 is 14.2 Å². The predicted octanol–water partition coefficient (Wildman–Crippen LogP) is 8.19. The van der Waals surface area contributed by atoms with E-state index in [2.05, 4.69) is 28.2 Å². The highest BCUT2D eigenvalue weighted by Crippen LogP contribution is 2.39. The normalized spacial score (nSPS) is 11.9. The number of aryl methyl sites for hydroxylation is 1. The van der Waals surface area contributed by atoms with Gasteiger partial charge in [0.2, 0.25) is 5.88 Å². The number of hydrogen-bond acceptors (Lipinski definition) is 6. The highest BCUT2D eigenvalue weighted by atomic mass is 35.5. The molecule has 6 nitrogen and oxygen atoms in total. The molecule has 2 aromatic carbocycles. The highest BCUT2D eigenvalue weighted by Gasteiger charge is 2.32. The first-order valence-corrected chi connectivity index (χ1v) is 13.8. The van der Waals surface area contributed by atoms with E-state index in [0.717, 1.165) is 33.4 Å². The van der Waals surface area contributed by atoms with Gasteiger partial charge >= 0.3 is 6.18 Å². The van der Waals surface area contributed by atoms with E-state index in [4.69, 9.17) is 21.3 Å². The van der Waals surface area contributed by atoms with Crippen LogP contribution < -0.4 is 9.64 Å². The van der Waals surface area contributed by atoms with Crippen molar-refractivity contribution in [3.8, 4) is 5.88 Å². The molecule has 4 aromatic heterocycles. The molecule has 0 aliphatic heterocycles. The fraction of sp³-hybridized carbons (Fsp3) is 0.167. The lowest BCUT2D eigenvalue weighted by Crippen LogP contribution is -2.19. The van der Waals surface area contributed by atoms with Crippen LogP contribution in [0.3, 0.4) is 0 Å². The van der Waals surface area contributed by atoms with Crippen LogP contribution in [0.2, 0.25) is 5.02 Å². The smallest absolute Gasteiger partial charge is 0.433 e. The molecule has 0 unspecified atom stereocenters. The Hall–Kier alpha value is -4.15. The topological polar surface area (TPSA) is 56.1 Å². The Balaban J connectivity index is 1.41. The summed E-state index contributed by atoms with van der Waals surface area (Å²) in [5, 5.41) is 2.44. The third-order valence-corrected chi connectivity index (χ3v) is 8.37. The van der Waals surface area contributed by atoms with Crippen LogP contribution in [0, 0.1) is 0 Å². The second kappa shape index (κ2) is 10.7. The zero-order valence-corrected chi connectivity index (χ0v) is 23.6. The molecule has 0 spiro atoms. The number of nitrogens with zero attached hydrogens (tertiary/aromatic N) is 5. The van der Waals surface area contributed by atoms with Crippen molar-refractivity contribution in [3.05, 3.63) is 106 Å². The Bertz CT molecular complexity index is 1830. The van der Waals surface area contributed by atoms with Gasteiger partial charge in [-0.1, -0.05) is 35.9 Å². The molecule has 41 heavy (non-hydrogen) atoms. The third-order valence-electron chi connectivity index (χ3n) is 6.82. The second-order valence-electron chi connectivity index (χ2n) is 9.54. The number of aromatic nitrogens is 4. The third kappa shape index (κ3) is 5.32. The van der Waals surface area contributed by atoms with E-state index in [1.165, 1.54) is 22.3 Å². The summed E-state index contributed by atoms with van der Waals surface area (Å²) in [4.78, 5) is 15.7. The average molecular weight is 594 g/mol. The van der Waals surface area contributed by atoms with Gasteiger partial charge in [0.05, 0.1) is 36.7 Å². The summed E-state index contributed by atoms with van der Waals surface area (Å²) in [5.41, 5.74) is 1.88. The van der Waals surface area contributed by atoms with Crippen LogP contribution in [0.4, 0.5) is 24.7 Å². The minimum absolute atomic E-state index is 0.256. The first-order chi connectivity index (χ1) is 19.7. The van der Waals surface area contributed by atoms with Crippen molar-refractivity contribution < 1.29 is 17.9 Å². The van der Waals surface area contributed by atoms with Gasteiger partial charge in [-0.2, -0.15) is 13.2 Å². The minimum atomic E-state index is -4.50. The SMILES string of the molecule is COc1nc2ccc(N(Cc3ccc(C(F)(F)F)nc3)c3cncn3C)cc2c(Cl)c1Cc1cc2ccccc2s1. The molecule has 11 heteroatoms. The summed E-state index contributed by atoms with van der Waals surface area (Å²) in [7, 11) is 3.43. The number of thiophene rings is 1. The maximum absolute atomic E-state index is 13.1. The van der Waals surface area contributed by atoms with Gasteiger partial charge in [0.1, 0.15) is 11.5 Å². The summed E-state index contributed by atoms with van der Waals surface area (Å²) < 4.78 is 47.9. The Labute approximate surface area is 242 Å². The molecule has 6 rings (SSSR count). The molecule has 208 valence electrons. The van der Waals surface area contributed by atoms with E-state index >= 15 is 0 Å². The summed E-state index contributed by atoms with van der Waals surface area (Å²) in [5.74, 6) is 1.21. The molecule has 0 N–H and O–H groups in total. The molecule has 0 atom stereocenters. The number of rotatable bonds is 7. The molecule has 0 aliphatic carbocycles. The number of fused-ring (bicyclic) bond motifs is 2. The van der Waals surface area contributed by atoms with Crippen LogP contribution in [0.1, 0.15) is 21.7 Å². The Morgan fingerprint density at radius 2 is 1.88 bits per heavy atom. The number of hydrogen-bond donors (Lipinski definition) is 0. The molecular weight excluding hydrogens is 571 g/mol. The van der Waals surface area contributed by atoms with E-state index in [1.807, 2.05) is 46.8 Å². The van der Waals surface area contributed by atoms with Crippen molar-refractivity contribution in [2.24, 2.45) is 7.05 Å². The second-order valence-corrected chi connectivity index (χ2v) is 11.1. The molecule has 0 aliphatic rings. The van der Waals surface area contributed by atoms with Gasteiger partial charge in [0.15, 0.2) is 0 Å². The summed E-state index contributed by atoms with van der Waals surface area (Å²) in [6, 6.07) is 18.5. The lowest BCUT2D eigenvalue weighted by Gasteiger charge is -2.25. The molecule has 4 heterocycles. The number of imidazole rings is 1. The molecule has 6 aromatic rings. The maximum Gasteiger partial charge on any atom is 0.433 e. The van der Waals surface area contributed by atoms with Crippen LogP contribution in [-0.4, -0.2) is 26.6 Å². The minimum Gasteiger partial charge on any atom is -0.481 e. The number of benzene rings is 2. The Kier molecular flexibility index (Phi) is 7.04. The first-order valence-electron chi connectivity index (χ1n) is 12.6. The quantitative estimate of drug-likeness (QED) is 0.187. The van der Waals surface area contributed by atoms with Crippen molar-refractivity contribution in [1.29, 1.82) is 0 Å². The average Bonchev–Trinajstić information content (AvgIpc) is 3.58. The summed E-state index contributed by atoms with van der Waals surface area (Å²) in [6.07, 6.45) is 0.656. The fourth-order valence-electron chi connectivity index (χ4n) is 4.80. The Morgan fingerprint density at radius 3 is 2.56 bits per heavy atom. The van der Waals surface area contributed by atoms with Crippen LogP contribution in [0.5, 0.6) is 5.88 Å². The van der Waals surface area contributed by atoms with E-state index < -0.39 is 11.9 Å². The van der Waals surface area contributed by atoms with E-state index in [0.29, 0.717) is 28.4 Å². The van der Waals surface area contributed by atoms with Gasteiger partial charge in [-0.05, 0) is 47.3 Å². The molecule has 0 saturated heterocycles. The van der Waals surface area contributed by atoms with Crippen molar-refractivity contribution >= 4 is 55.4 Å². The zero-order valence-electron chi connectivity index (χ0n) is 22.0. The van der Waals surface area contributed by atoms with Gasteiger partial charge in [-0.15, -0.1) is 11.3 Å². The van der Waals surface area contributed by atoms with Crippen molar-refractivity contribution in [3.63, 3.8) is 0 Å². The van der Waals surface area contributed by atoms with Gasteiger partial charge in [-0.3, -0.25) is 4.98 Å². The van der Waals surface area contributed by atoms with Crippen LogP contribution in [-0.2, 0) is 26.2 Å².